The van der Waals surface area contributed by atoms with Gasteiger partial charge in [0.1, 0.15) is 17.5 Å². The van der Waals surface area contributed by atoms with Crippen LogP contribution in [0.4, 0.5) is 0 Å². The molecule has 2 atom stereocenters. The number of ether oxygens (including phenoxy) is 2. The van der Waals surface area contributed by atoms with E-state index in [0.29, 0.717) is 24.5 Å². The topological polar surface area (TPSA) is 84.9 Å². The van der Waals surface area contributed by atoms with Crippen LogP contribution in [0.2, 0.25) is 0 Å². The number of carbonyl (C=O) groups excluding carboxylic acids is 1. The van der Waals surface area contributed by atoms with Gasteiger partial charge in [0.2, 0.25) is 15.9 Å². The molecule has 0 unspecified atom stereocenters. The molecule has 1 aliphatic rings. The van der Waals surface area contributed by atoms with Gasteiger partial charge >= 0.3 is 0 Å². The molecular weight excluding hydrogens is 416 g/mol. The Balaban J connectivity index is 1.83. The van der Waals surface area contributed by atoms with Crippen LogP contribution in [-0.4, -0.2) is 45.4 Å². The Bertz CT molecular complexity index is 1020. The van der Waals surface area contributed by atoms with Gasteiger partial charge in [-0.15, -0.1) is 0 Å². The lowest BCUT2D eigenvalue weighted by Gasteiger charge is -2.34. The van der Waals surface area contributed by atoms with Gasteiger partial charge in [-0.1, -0.05) is 24.1 Å². The predicted molar refractivity (Wildman–Crippen MR) is 119 cm³/mol. The van der Waals surface area contributed by atoms with Crippen LogP contribution in [-0.2, 0) is 14.8 Å². The van der Waals surface area contributed by atoms with Crippen LogP contribution in [0.1, 0.15) is 43.4 Å². The first-order chi connectivity index (χ1) is 14.8. The highest BCUT2D eigenvalue weighted by Gasteiger charge is 2.38. The van der Waals surface area contributed by atoms with Crippen LogP contribution in [0.15, 0.2) is 47.4 Å². The summed E-state index contributed by atoms with van der Waals surface area (Å²) in [5.41, 5.74) is 1.74. The van der Waals surface area contributed by atoms with E-state index in [1.54, 1.807) is 50.6 Å². The summed E-state index contributed by atoms with van der Waals surface area (Å²) >= 11 is 0. The molecule has 1 aliphatic heterocycles. The smallest absolute Gasteiger partial charge is 0.243 e. The fourth-order valence-corrected chi connectivity index (χ4v) is 5.52. The predicted octanol–water partition coefficient (Wildman–Crippen LogP) is 3.43. The van der Waals surface area contributed by atoms with Gasteiger partial charge in [-0.2, -0.15) is 4.31 Å². The molecule has 8 heteroatoms. The molecule has 3 rings (SSSR count). The van der Waals surface area contributed by atoms with Crippen LogP contribution < -0.4 is 14.8 Å². The zero-order chi connectivity index (χ0) is 22.6. The van der Waals surface area contributed by atoms with Gasteiger partial charge in [0, 0.05) is 12.1 Å². The number of rotatable bonds is 7. The molecular formula is C23H30N2O5S. The van der Waals surface area contributed by atoms with Crippen LogP contribution in [0.25, 0.3) is 0 Å². The molecule has 0 aromatic heterocycles. The molecule has 2 aromatic carbocycles. The van der Waals surface area contributed by atoms with Crippen LogP contribution in [0, 0.1) is 6.92 Å². The highest BCUT2D eigenvalue weighted by Crippen LogP contribution is 2.30. The van der Waals surface area contributed by atoms with E-state index in [4.69, 9.17) is 9.47 Å². The van der Waals surface area contributed by atoms with Gasteiger partial charge in [0.15, 0.2) is 0 Å². The largest absolute Gasteiger partial charge is 0.497 e. The lowest BCUT2D eigenvalue weighted by Crippen LogP contribution is -2.52. The number of hydrogen-bond donors (Lipinski definition) is 1. The van der Waals surface area contributed by atoms with E-state index in [-0.39, 0.29) is 16.8 Å². The number of benzene rings is 2. The Labute approximate surface area is 184 Å². The number of carbonyl (C=O) groups is 1. The first-order valence-electron chi connectivity index (χ1n) is 10.4. The second-order valence-electron chi connectivity index (χ2n) is 7.78. The molecule has 7 nitrogen and oxygen atoms in total. The van der Waals surface area contributed by atoms with Crippen molar-refractivity contribution in [3.8, 4) is 11.5 Å². The molecule has 0 saturated carbocycles. The third kappa shape index (κ3) is 5.02. The Morgan fingerprint density at radius 3 is 2.45 bits per heavy atom. The van der Waals surface area contributed by atoms with Crippen molar-refractivity contribution in [2.24, 2.45) is 0 Å². The van der Waals surface area contributed by atoms with Gasteiger partial charge in [-0.25, -0.2) is 8.42 Å². The summed E-state index contributed by atoms with van der Waals surface area (Å²) < 4.78 is 38.6. The molecule has 1 amide bonds. The third-order valence-corrected chi connectivity index (χ3v) is 7.57. The standard InChI is InChI=1S/C23H30N2O5S/c1-16-8-11-19(12-9-16)31(27,28)25-14-6-5-7-21(25)23(26)24-17(2)20-15-18(29-3)10-13-22(20)30-4/h8-13,15,17,21H,5-7,14H2,1-4H3,(H,24,26)/t17-,21-/m0/s1. The molecule has 1 fully saturated rings. The van der Waals surface area contributed by atoms with Gasteiger partial charge < -0.3 is 14.8 Å². The van der Waals surface area contributed by atoms with Gasteiger partial charge in [0.05, 0.1) is 25.2 Å². The average molecular weight is 447 g/mol. The monoisotopic (exact) mass is 446 g/mol. The van der Waals surface area contributed by atoms with Crippen molar-refractivity contribution in [1.82, 2.24) is 9.62 Å². The van der Waals surface area contributed by atoms with E-state index in [1.807, 2.05) is 19.9 Å². The Morgan fingerprint density at radius 2 is 1.81 bits per heavy atom. The molecule has 1 saturated heterocycles. The summed E-state index contributed by atoms with van der Waals surface area (Å²) in [4.78, 5) is 13.4. The second-order valence-corrected chi connectivity index (χ2v) is 9.67. The fourth-order valence-electron chi connectivity index (χ4n) is 3.87. The van der Waals surface area contributed by atoms with Crippen molar-refractivity contribution in [3.05, 3.63) is 53.6 Å². The van der Waals surface area contributed by atoms with Crippen LogP contribution in [0.5, 0.6) is 11.5 Å². The molecule has 168 valence electrons. The van der Waals surface area contributed by atoms with Crippen molar-refractivity contribution >= 4 is 15.9 Å². The molecule has 1 N–H and O–H groups in total. The van der Waals surface area contributed by atoms with Crippen molar-refractivity contribution in [2.75, 3.05) is 20.8 Å². The molecule has 2 aromatic rings. The fraction of sp³-hybridized carbons (Fsp3) is 0.435. The molecule has 0 radical (unpaired) electrons. The van der Waals surface area contributed by atoms with Crippen LogP contribution in [0.3, 0.4) is 0 Å². The molecule has 0 bridgehead atoms. The number of nitrogens with zero attached hydrogens (tertiary/aromatic N) is 1. The van der Waals surface area contributed by atoms with Crippen LogP contribution >= 0.6 is 0 Å². The lowest BCUT2D eigenvalue weighted by molar-refractivity contribution is -0.126. The number of amides is 1. The maximum absolute atomic E-state index is 13.3. The minimum atomic E-state index is -3.77. The first-order valence-corrected chi connectivity index (χ1v) is 11.8. The Kier molecular flexibility index (Phi) is 7.23. The SMILES string of the molecule is COc1ccc(OC)c([C@H](C)NC(=O)[C@@H]2CCCCN2S(=O)(=O)c2ccc(C)cc2)c1. The number of piperidine rings is 1. The van der Waals surface area contributed by atoms with E-state index in [1.165, 1.54) is 4.31 Å². The zero-order valence-corrected chi connectivity index (χ0v) is 19.2. The van der Waals surface area contributed by atoms with Crippen molar-refractivity contribution in [1.29, 1.82) is 0 Å². The highest BCUT2D eigenvalue weighted by molar-refractivity contribution is 7.89. The molecule has 31 heavy (non-hydrogen) atoms. The molecule has 0 aliphatic carbocycles. The number of hydrogen-bond acceptors (Lipinski definition) is 5. The number of nitrogens with one attached hydrogen (secondary N) is 1. The first kappa shape index (κ1) is 23.1. The quantitative estimate of drug-likeness (QED) is 0.704. The van der Waals surface area contributed by atoms with E-state index in [9.17, 15) is 13.2 Å². The normalized spacial score (nSPS) is 18.3. The average Bonchev–Trinajstić information content (AvgIpc) is 2.78. The summed E-state index contributed by atoms with van der Waals surface area (Å²) in [5, 5.41) is 2.97. The third-order valence-electron chi connectivity index (χ3n) is 5.65. The van der Waals surface area contributed by atoms with Crippen molar-refractivity contribution in [3.63, 3.8) is 0 Å². The minimum absolute atomic E-state index is 0.209. The molecule has 0 spiro atoms. The van der Waals surface area contributed by atoms with Crippen molar-refractivity contribution < 1.29 is 22.7 Å². The number of sulfonamides is 1. The summed E-state index contributed by atoms with van der Waals surface area (Å²) in [6, 6.07) is 11.0. The maximum atomic E-state index is 13.3. The Morgan fingerprint density at radius 1 is 1.10 bits per heavy atom. The van der Waals surface area contributed by atoms with E-state index < -0.39 is 16.1 Å². The summed E-state index contributed by atoms with van der Waals surface area (Å²) in [6.07, 6.45) is 2.02. The van der Waals surface area contributed by atoms with Crippen molar-refractivity contribution in [2.45, 2.75) is 50.1 Å². The summed E-state index contributed by atoms with van der Waals surface area (Å²) in [7, 11) is -0.629. The number of methoxy groups -OCH3 is 2. The summed E-state index contributed by atoms with van der Waals surface area (Å²) in [5.74, 6) is 0.965. The minimum Gasteiger partial charge on any atom is -0.497 e. The summed E-state index contributed by atoms with van der Waals surface area (Å²) in [6.45, 7) is 4.07. The lowest BCUT2D eigenvalue weighted by atomic mass is 10.0. The zero-order valence-electron chi connectivity index (χ0n) is 18.4. The molecule has 1 heterocycles. The number of aryl methyl sites for hydroxylation is 1. The van der Waals surface area contributed by atoms with Gasteiger partial charge in [-0.05, 0) is 57.0 Å². The van der Waals surface area contributed by atoms with Gasteiger partial charge in [0.25, 0.3) is 0 Å². The Hall–Kier alpha value is -2.58. The van der Waals surface area contributed by atoms with Gasteiger partial charge in [-0.3, -0.25) is 4.79 Å². The van der Waals surface area contributed by atoms with E-state index >= 15 is 0 Å². The van der Waals surface area contributed by atoms with E-state index in [0.717, 1.165) is 24.0 Å². The highest BCUT2D eigenvalue weighted by atomic mass is 32.2. The van der Waals surface area contributed by atoms with E-state index in [2.05, 4.69) is 5.32 Å². The second kappa shape index (κ2) is 9.70. The maximum Gasteiger partial charge on any atom is 0.243 e.